The van der Waals surface area contributed by atoms with Crippen molar-refractivity contribution < 1.29 is 4.84 Å². The van der Waals surface area contributed by atoms with Crippen molar-refractivity contribution in [3.05, 3.63) is 30.1 Å². The molecule has 1 aliphatic rings. The van der Waals surface area contributed by atoms with Crippen LogP contribution >= 0.6 is 0 Å². The van der Waals surface area contributed by atoms with E-state index in [0.29, 0.717) is 0 Å². The average molecular weight is 148 g/mol. The van der Waals surface area contributed by atoms with Crippen molar-refractivity contribution in [2.24, 2.45) is 5.16 Å². The van der Waals surface area contributed by atoms with Crippen molar-refractivity contribution in [2.45, 2.75) is 12.5 Å². The van der Waals surface area contributed by atoms with E-state index in [-0.39, 0.29) is 6.10 Å². The molecule has 0 spiro atoms. The topological polar surface area (TPSA) is 34.5 Å². The van der Waals surface area contributed by atoms with E-state index in [9.17, 15) is 0 Å². The minimum Gasteiger partial charge on any atom is -0.388 e. The maximum Gasteiger partial charge on any atom is 0.157 e. The van der Waals surface area contributed by atoms with Crippen molar-refractivity contribution in [3.8, 4) is 0 Å². The second-order valence-electron chi connectivity index (χ2n) is 2.40. The summed E-state index contributed by atoms with van der Waals surface area (Å²) in [5, 5.41) is 3.70. The Morgan fingerprint density at radius 2 is 2.18 bits per heavy atom. The van der Waals surface area contributed by atoms with Crippen molar-refractivity contribution in [3.63, 3.8) is 0 Å². The molecular formula is C8H8N2O. The maximum atomic E-state index is 5.08. The van der Waals surface area contributed by atoms with Crippen LogP contribution < -0.4 is 0 Å². The Bertz CT molecular complexity index is 250. The standard InChI is InChI=1S/C8H8N2O/c1-4-9-5-2-7(1)8-3-6-10-11-8/h1-2,4-6,8H,3H2. The number of aromatic nitrogens is 1. The van der Waals surface area contributed by atoms with Gasteiger partial charge in [0.1, 0.15) is 0 Å². The fourth-order valence-corrected chi connectivity index (χ4v) is 1.07. The van der Waals surface area contributed by atoms with Gasteiger partial charge in [0.25, 0.3) is 0 Å². The van der Waals surface area contributed by atoms with E-state index < -0.39 is 0 Å². The van der Waals surface area contributed by atoms with Gasteiger partial charge < -0.3 is 4.84 Å². The smallest absolute Gasteiger partial charge is 0.157 e. The van der Waals surface area contributed by atoms with Crippen LogP contribution in [-0.2, 0) is 4.84 Å². The summed E-state index contributed by atoms with van der Waals surface area (Å²) in [5.41, 5.74) is 1.14. The Morgan fingerprint density at radius 1 is 1.36 bits per heavy atom. The molecule has 1 aliphatic heterocycles. The highest BCUT2D eigenvalue weighted by Crippen LogP contribution is 2.22. The number of nitrogens with zero attached hydrogens (tertiary/aromatic N) is 2. The van der Waals surface area contributed by atoms with Gasteiger partial charge in [-0.2, -0.15) is 0 Å². The first kappa shape index (κ1) is 6.34. The van der Waals surface area contributed by atoms with Crippen LogP contribution in [0.2, 0.25) is 0 Å². The summed E-state index contributed by atoms with van der Waals surface area (Å²) in [7, 11) is 0. The molecular weight excluding hydrogens is 140 g/mol. The highest BCUT2D eigenvalue weighted by molar-refractivity contribution is 5.59. The van der Waals surface area contributed by atoms with Crippen LogP contribution in [0.25, 0.3) is 0 Å². The zero-order chi connectivity index (χ0) is 7.52. The Hall–Kier alpha value is -1.38. The van der Waals surface area contributed by atoms with Gasteiger partial charge in [0, 0.05) is 25.0 Å². The van der Waals surface area contributed by atoms with Crippen molar-refractivity contribution >= 4 is 6.21 Å². The molecule has 0 aromatic carbocycles. The normalized spacial score (nSPS) is 21.6. The molecule has 0 radical (unpaired) electrons. The van der Waals surface area contributed by atoms with Crippen LogP contribution in [0.5, 0.6) is 0 Å². The third-order valence-electron chi connectivity index (χ3n) is 1.66. The quantitative estimate of drug-likeness (QED) is 0.605. The molecule has 0 N–H and O–H groups in total. The predicted octanol–water partition coefficient (Wildman–Crippen LogP) is 1.53. The van der Waals surface area contributed by atoms with Crippen LogP contribution in [-0.4, -0.2) is 11.2 Å². The molecule has 0 bridgehead atoms. The van der Waals surface area contributed by atoms with Gasteiger partial charge in [-0.15, -0.1) is 0 Å². The molecule has 1 atom stereocenters. The monoisotopic (exact) mass is 148 g/mol. The van der Waals surface area contributed by atoms with E-state index in [1.807, 2.05) is 12.1 Å². The maximum absolute atomic E-state index is 5.08. The Balaban J connectivity index is 2.17. The lowest BCUT2D eigenvalue weighted by atomic mass is 10.1. The van der Waals surface area contributed by atoms with E-state index in [2.05, 4.69) is 10.1 Å². The van der Waals surface area contributed by atoms with Crippen molar-refractivity contribution in [2.75, 3.05) is 0 Å². The van der Waals surface area contributed by atoms with E-state index >= 15 is 0 Å². The summed E-state index contributed by atoms with van der Waals surface area (Å²) >= 11 is 0. The summed E-state index contributed by atoms with van der Waals surface area (Å²) in [6, 6.07) is 3.89. The molecule has 1 unspecified atom stereocenters. The molecule has 56 valence electrons. The summed E-state index contributed by atoms with van der Waals surface area (Å²) in [4.78, 5) is 9.00. The lowest BCUT2D eigenvalue weighted by Crippen LogP contribution is -1.94. The molecule has 3 heteroatoms. The lowest BCUT2D eigenvalue weighted by Gasteiger charge is -2.06. The fourth-order valence-electron chi connectivity index (χ4n) is 1.07. The zero-order valence-corrected chi connectivity index (χ0v) is 5.97. The van der Waals surface area contributed by atoms with Gasteiger partial charge in [-0.1, -0.05) is 5.16 Å². The molecule has 3 nitrogen and oxygen atoms in total. The van der Waals surface area contributed by atoms with Gasteiger partial charge >= 0.3 is 0 Å². The third-order valence-corrected chi connectivity index (χ3v) is 1.66. The first-order chi connectivity index (χ1) is 5.47. The first-order valence-corrected chi connectivity index (χ1v) is 3.54. The third kappa shape index (κ3) is 1.22. The minimum atomic E-state index is 0.109. The summed E-state index contributed by atoms with van der Waals surface area (Å²) < 4.78 is 0. The van der Waals surface area contributed by atoms with E-state index in [1.165, 1.54) is 0 Å². The van der Waals surface area contributed by atoms with Gasteiger partial charge in [0.05, 0.1) is 0 Å². The molecule has 2 rings (SSSR count). The van der Waals surface area contributed by atoms with Gasteiger partial charge in [-0.25, -0.2) is 0 Å². The van der Waals surface area contributed by atoms with Gasteiger partial charge in [0.2, 0.25) is 0 Å². The first-order valence-electron chi connectivity index (χ1n) is 3.54. The molecule has 1 aromatic heterocycles. The summed E-state index contributed by atoms with van der Waals surface area (Å²) in [6.45, 7) is 0. The number of hydrogen-bond donors (Lipinski definition) is 0. The Kier molecular flexibility index (Phi) is 1.55. The van der Waals surface area contributed by atoms with Gasteiger partial charge in [-0.05, 0) is 17.7 Å². The number of hydrogen-bond acceptors (Lipinski definition) is 3. The number of rotatable bonds is 1. The molecule has 0 saturated carbocycles. The number of pyridine rings is 1. The molecule has 0 fully saturated rings. The molecule has 0 aliphatic carbocycles. The van der Waals surface area contributed by atoms with E-state index in [4.69, 9.17) is 4.84 Å². The molecule has 11 heavy (non-hydrogen) atoms. The fraction of sp³-hybridized carbons (Fsp3) is 0.250. The van der Waals surface area contributed by atoms with Crippen LogP contribution in [0.15, 0.2) is 29.7 Å². The molecule has 1 aromatic rings. The Morgan fingerprint density at radius 3 is 2.82 bits per heavy atom. The van der Waals surface area contributed by atoms with Crippen molar-refractivity contribution in [1.29, 1.82) is 0 Å². The molecule has 0 amide bonds. The summed E-state index contributed by atoms with van der Waals surface area (Å²) in [6.07, 6.45) is 6.28. The average Bonchev–Trinajstić information content (AvgIpc) is 2.58. The number of oxime groups is 1. The minimum absolute atomic E-state index is 0.109. The van der Waals surface area contributed by atoms with E-state index in [0.717, 1.165) is 12.0 Å². The van der Waals surface area contributed by atoms with Gasteiger partial charge in [-0.3, -0.25) is 4.98 Å². The van der Waals surface area contributed by atoms with Gasteiger partial charge in [0.15, 0.2) is 6.10 Å². The van der Waals surface area contributed by atoms with Crippen LogP contribution in [0.4, 0.5) is 0 Å². The zero-order valence-electron chi connectivity index (χ0n) is 5.97. The molecule has 2 heterocycles. The largest absolute Gasteiger partial charge is 0.388 e. The van der Waals surface area contributed by atoms with Crippen LogP contribution in [0, 0.1) is 0 Å². The second-order valence-corrected chi connectivity index (χ2v) is 2.40. The van der Waals surface area contributed by atoms with E-state index in [1.54, 1.807) is 18.6 Å². The predicted molar refractivity (Wildman–Crippen MR) is 41.2 cm³/mol. The van der Waals surface area contributed by atoms with Crippen LogP contribution in [0.3, 0.4) is 0 Å². The molecule has 0 saturated heterocycles. The highest BCUT2D eigenvalue weighted by atomic mass is 16.6. The lowest BCUT2D eigenvalue weighted by molar-refractivity contribution is 0.0857. The Labute approximate surface area is 64.7 Å². The SMILES string of the molecule is C1=NOC(c2ccncc2)C1. The van der Waals surface area contributed by atoms with Crippen LogP contribution in [0.1, 0.15) is 18.1 Å². The second kappa shape index (κ2) is 2.70. The highest BCUT2D eigenvalue weighted by Gasteiger charge is 2.14. The van der Waals surface area contributed by atoms with Crippen molar-refractivity contribution in [1.82, 2.24) is 4.98 Å². The summed E-state index contributed by atoms with van der Waals surface area (Å²) in [5.74, 6) is 0.